The zero-order valence-corrected chi connectivity index (χ0v) is 12.6. The minimum absolute atomic E-state index is 0.286. The summed E-state index contributed by atoms with van der Waals surface area (Å²) in [6.45, 7) is 6.77. The molecule has 0 aromatic heterocycles. The van der Waals surface area contributed by atoms with Crippen LogP contribution in [0.4, 0.5) is 13.6 Å². The third-order valence-electron chi connectivity index (χ3n) is 2.82. The van der Waals surface area contributed by atoms with Gasteiger partial charge in [-0.25, -0.2) is 13.6 Å². The van der Waals surface area contributed by atoms with Crippen LogP contribution in [0.2, 0.25) is 0 Å². The summed E-state index contributed by atoms with van der Waals surface area (Å²) in [7, 11) is 0. The Morgan fingerprint density at radius 1 is 1.33 bits per heavy atom. The fraction of sp³-hybridized carbons (Fsp3) is 0.533. The van der Waals surface area contributed by atoms with Crippen molar-refractivity contribution in [1.29, 1.82) is 0 Å². The molecule has 0 aliphatic carbocycles. The minimum Gasteiger partial charge on any atom is -0.444 e. The molecule has 2 atom stereocenters. The zero-order chi connectivity index (χ0) is 16.2. The van der Waals surface area contributed by atoms with Crippen LogP contribution in [-0.4, -0.2) is 22.8 Å². The van der Waals surface area contributed by atoms with E-state index in [1.54, 1.807) is 27.7 Å². The van der Waals surface area contributed by atoms with Crippen molar-refractivity contribution in [3.63, 3.8) is 0 Å². The van der Waals surface area contributed by atoms with Crippen molar-refractivity contribution < 1.29 is 23.4 Å². The van der Waals surface area contributed by atoms with E-state index in [1.807, 2.05) is 0 Å². The van der Waals surface area contributed by atoms with Crippen LogP contribution in [0.3, 0.4) is 0 Å². The van der Waals surface area contributed by atoms with E-state index < -0.39 is 41.0 Å². The first-order valence-electron chi connectivity index (χ1n) is 6.77. The lowest BCUT2D eigenvalue weighted by Crippen LogP contribution is -2.42. The Morgan fingerprint density at radius 2 is 1.86 bits per heavy atom. The quantitative estimate of drug-likeness (QED) is 0.897. The zero-order valence-electron chi connectivity index (χ0n) is 12.6. The van der Waals surface area contributed by atoms with Crippen molar-refractivity contribution in [3.05, 3.63) is 35.4 Å². The summed E-state index contributed by atoms with van der Waals surface area (Å²) in [5.74, 6) is -1.71. The lowest BCUT2D eigenvalue weighted by molar-refractivity contribution is 0.0409. The Kier molecular flexibility index (Phi) is 5.66. The van der Waals surface area contributed by atoms with Crippen molar-refractivity contribution in [2.45, 2.75) is 51.9 Å². The average Bonchev–Trinajstić information content (AvgIpc) is 2.33. The predicted octanol–water partition coefficient (Wildman–Crippen LogP) is 3.30. The monoisotopic (exact) mass is 301 g/mol. The van der Waals surface area contributed by atoms with Gasteiger partial charge in [0.1, 0.15) is 23.3 Å². The van der Waals surface area contributed by atoms with Gasteiger partial charge in [0.05, 0.1) is 11.6 Å². The SMILES string of the molecule is CCC(NC(=O)OC(C)(C)C)C(O)c1c(F)cccc1F. The number of benzene rings is 1. The predicted molar refractivity (Wildman–Crippen MR) is 74.8 cm³/mol. The van der Waals surface area contributed by atoms with Gasteiger partial charge < -0.3 is 15.2 Å². The molecule has 1 aromatic rings. The number of rotatable bonds is 4. The number of hydrogen-bond acceptors (Lipinski definition) is 3. The molecule has 0 spiro atoms. The number of aliphatic hydroxyl groups excluding tert-OH is 1. The Hall–Kier alpha value is -1.69. The Labute approximate surface area is 123 Å². The maximum atomic E-state index is 13.7. The van der Waals surface area contributed by atoms with Crippen molar-refractivity contribution in [2.75, 3.05) is 0 Å². The van der Waals surface area contributed by atoms with E-state index in [2.05, 4.69) is 5.32 Å². The van der Waals surface area contributed by atoms with Crippen LogP contribution in [0.25, 0.3) is 0 Å². The fourth-order valence-electron chi connectivity index (χ4n) is 1.86. The molecule has 0 heterocycles. The molecule has 1 rings (SSSR count). The molecule has 0 saturated heterocycles. The number of halogens is 2. The number of amides is 1. The molecule has 0 bridgehead atoms. The highest BCUT2D eigenvalue weighted by Crippen LogP contribution is 2.25. The number of carbonyl (C=O) groups is 1. The highest BCUT2D eigenvalue weighted by atomic mass is 19.1. The van der Waals surface area contributed by atoms with Gasteiger partial charge in [0.2, 0.25) is 0 Å². The Balaban J connectivity index is 2.87. The number of carbonyl (C=O) groups excluding carboxylic acids is 1. The van der Waals surface area contributed by atoms with Crippen LogP contribution in [0.5, 0.6) is 0 Å². The van der Waals surface area contributed by atoms with Crippen molar-refractivity contribution in [3.8, 4) is 0 Å². The second-order valence-electron chi connectivity index (χ2n) is 5.74. The lowest BCUT2D eigenvalue weighted by Gasteiger charge is -2.26. The molecule has 1 aromatic carbocycles. The summed E-state index contributed by atoms with van der Waals surface area (Å²) in [6.07, 6.45) is -1.96. The summed E-state index contributed by atoms with van der Waals surface area (Å²) < 4.78 is 32.4. The van der Waals surface area contributed by atoms with E-state index in [0.717, 1.165) is 12.1 Å². The van der Waals surface area contributed by atoms with Crippen LogP contribution in [-0.2, 0) is 4.74 Å². The number of hydrogen-bond donors (Lipinski definition) is 2. The van der Waals surface area contributed by atoms with Gasteiger partial charge in [-0.05, 0) is 39.3 Å². The van der Waals surface area contributed by atoms with E-state index >= 15 is 0 Å². The first-order chi connectivity index (χ1) is 9.65. The average molecular weight is 301 g/mol. The smallest absolute Gasteiger partial charge is 0.407 e. The molecule has 21 heavy (non-hydrogen) atoms. The highest BCUT2D eigenvalue weighted by Gasteiger charge is 2.28. The topological polar surface area (TPSA) is 58.6 Å². The first-order valence-corrected chi connectivity index (χ1v) is 6.77. The fourth-order valence-corrected chi connectivity index (χ4v) is 1.86. The van der Waals surface area contributed by atoms with E-state index in [4.69, 9.17) is 4.74 Å². The van der Waals surface area contributed by atoms with Crippen LogP contribution in [0, 0.1) is 11.6 Å². The van der Waals surface area contributed by atoms with Crippen molar-refractivity contribution in [2.24, 2.45) is 0 Å². The van der Waals surface area contributed by atoms with E-state index in [9.17, 15) is 18.7 Å². The summed E-state index contributed by atoms with van der Waals surface area (Å²) >= 11 is 0. The molecule has 0 aliphatic heterocycles. The highest BCUT2D eigenvalue weighted by molar-refractivity contribution is 5.68. The van der Waals surface area contributed by atoms with Gasteiger partial charge in [-0.15, -0.1) is 0 Å². The molecule has 2 N–H and O–H groups in total. The largest absolute Gasteiger partial charge is 0.444 e. The van der Waals surface area contributed by atoms with Gasteiger partial charge in [-0.3, -0.25) is 0 Å². The number of aliphatic hydroxyl groups is 1. The number of nitrogens with one attached hydrogen (secondary N) is 1. The normalized spacial score (nSPS) is 14.4. The second-order valence-corrected chi connectivity index (χ2v) is 5.74. The first kappa shape index (κ1) is 17.4. The van der Waals surface area contributed by atoms with Crippen LogP contribution in [0.1, 0.15) is 45.8 Å². The van der Waals surface area contributed by atoms with Gasteiger partial charge in [-0.1, -0.05) is 13.0 Å². The molecule has 2 unspecified atom stereocenters. The minimum atomic E-state index is -1.50. The standard InChI is InChI=1S/C15H21F2NO3/c1-5-11(18-14(20)21-15(2,3)4)13(19)12-9(16)7-6-8-10(12)17/h6-8,11,13,19H,5H2,1-4H3,(H,18,20). The van der Waals surface area contributed by atoms with Crippen LogP contribution < -0.4 is 5.32 Å². The second kappa shape index (κ2) is 6.85. The van der Waals surface area contributed by atoms with Gasteiger partial charge in [0, 0.05) is 0 Å². The number of ether oxygens (including phenoxy) is 1. The van der Waals surface area contributed by atoms with E-state index in [0.29, 0.717) is 0 Å². The van der Waals surface area contributed by atoms with Gasteiger partial charge in [-0.2, -0.15) is 0 Å². The molecule has 118 valence electrons. The Morgan fingerprint density at radius 3 is 2.29 bits per heavy atom. The molecule has 0 saturated carbocycles. The van der Waals surface area contributed by atoms with E-state index in [-0.39, 0.29) is 6.42 Å². The molecular formula is C15H21F2NO3. The molecule has 0 fully saturated rings. The van der Waals surface area contributed by atoms with Gasteiger partial charge >= 0.3 is 6.09 Å². The number of alkyl carbamates (subject to hydrolysis) is 1. The van der Waals surface area contributed by atoms with Crippen LogP contribution >= 0.6 is 0 Å². The van der Waals surface area contributed by atoms with Gasteiger partial charge in [0.15, 0.2) is 0 Å². The van der Waals surface area contributed by atoms with Crippen LogP contribution in [0.15, 0.2) is 18.2 Å². The summed E-state index contributed by atoms with van der Waals surface area (Å²) in [5, 5.41) is 12.6. The van der Waals surface area contributed by atoms with Gasteiger partial charge in [0.25, 0.3) is 0 Å². The third kappa shape index (κ3) is 4.97. The van der Waals surface area contributed by atoms with Crippen molar-refractivity contribution in [1.82, 2.24) is 5.32 Å². The third-order valence-corrected chi connectivity index (χ3v) is 2.82. The molecule has 0 aliphatic rings. The molecule has 6 heteroatoms. The summed E-state index contributed by atoms with van der Waals surface area (Å²) in [4.78, 5) is 11.7. The Bertz CT molecular complexity index is 480. The molecular weight excluding hydrogens is 280 g/mol. The summed E-state index contributed by atoms with van der Waals surface area (Å²) in [5.41, 5.74) is -1.16. The maximum absolute atomic E-state index is 13.7. The summed E-state index contributed by atoms with van der Waals surface area (Å²) in [6, 6.07) is 2.47. The van der Waals surface area contributed by atoms with Crippen molar-refractivity contribution >= 4 is 6.09 Å². The van der Waals surface area contributed by atoms with E-state index in [1.165, 1.54) is 6.07 Å². The molecule has 1 amide bonds. The molecule has 4 nitrogen and oxygen atoms in total. The lowest BCUT2D eigenvalue weighted by atomic mass is 9.99. The maximum Gasteiger partial charge on any atom is 0.407 e. The molecule has 0 radical (unpaired) electrons.